The van der Waals surface area contributed by atoms with E-state index in [-0.39, 0.29) is 18.0 Å². The molecule has 0 bridgehead atoms. The van der Waals surface area contributed by atoms with E-state index in [2.05, 4.69) is 0 Å². The van der Waals surface area contributed by atoms with Gasteiger partial charge in [0.1, 0.15) is 5.78 Å². The summed E-state index contributed by atoms with van der Waals surface area (Å²) in [7, 11) is 0. The summed E-state index contributed by atoms with van der Waals surface area (Å²) < 4.78 is 0. The number of ketones is 1. The molecule has 1 rings (SSSR count). The summed E-state index contributed by atoms with van der Waals surface area (Å²) in [4.78, 5) is 10.5. The van der Waals surface area contributed by atoms with Crippen LogP contribution >= 0.6 is 0 Å². The van der Waals surface area contributed by atoms with Crippen molar-refractivity contribution in [2.45, 2.75) is 19.3 Å². The monoisotopic (exact) mass is 112 g/mol. The van der Waals surface area contributed by atoms with Gasteiger partial charge in [-0.1, -0.05) is 0 Å². The smallest absolute Gasteiger partial charge is 0.140 e. The average Bonchev–Trinajstić information content (AvgIpc) is 1.64. The normalized spacial score (nSPS) is 20.5. The van der Waals surface area contributed by atoms with Crippen molar-refractivity contribution in [1.29, 1.82) is 0 Å². The Labute approximate surface area is 47.8 Å². The third kappa shape index (κ3) is 1.09. The Balaban J connectivity index is 2.57. The van der Waals surface area contributed by atoms with E-state index in [4.69, 9.17) is 5.11 Å². The second-order valence-electron chi connectivity index (χ2n) is 1.95. The van der Waals surface area contributed by atoms with Gasteiger partial charge in [-0.05, 0) is 12.5 Å². The molecule has 0 aromatic carbocycles. The quantitative estimate of drug-likeness (QED) is 0.511. The fourth-order valence-corrected chi connectivity index (χ4v) is 0.762. The summed E-state index contributed by atoms with van der Waals surface area (Å²) in [6.45, 7) is 0. The standard InChI is InChI=1S/C6H8O2/c7-5-2-1-3-6(8)4-5/h2,7H,1,3-4H2. The van der Waals surface area contributed by atoms with Gasteiger partial charge in [-0.25, -0.2) is 0 Å². The van der Waals surface area contributed by atoms with Crippen LogP contribution in [0, 0.1) is 0 Å². The zero-order valence-electron chi connectivity index (χ0n) is 4.55. The number of Topliss-reactive ketones (excluding diaryl/α,β-unsaturated/α-hetero) is 1. The van der Waals surface area contributed by atoms with Crippen molar-refractivity contribution in [3.8, 4) is 0 Å². The van der Waals surface area contributed by atoms with E-state index in [0.717, 1.165) is 0 Å². The molecule has 8 heavy (non-hydrogen) atoms. The van der Waals surface area contributed by atoms with E-state index in [9.17, 15) is 4.79 Å². The van der Waals surface area contributed by atoms with E-state index in [1.54, 1.807) is 6.08 Å². The van der Waals surface area contributed by atoms with Gasteiger partial charge >= 0.3 is 0 Å². The lowest BCUT2D eigenvalue weighted by molar-refractivity contribution is -0.119. The molecule has 0 heterocycles. The summed E-state index contributed by atoms with van der Waals surface area (Å²) >= 11 is 0. The van der Waals surface area contributed by atoms with Crippen LogP contribution in [0.2, 0.25) is 0 Å². The van der Waals surface area contributed by atoms with Crippen LogP contribution in [0.25, 0.3) is 0 Å². The number of hydrogen-bond donors (Lipinski definition) is 1. The van der Waals surface area contributed by atoms with Crippen LogP contribution in [-0.2, 0) is 4.79 Å². The Bertz CT molecular complexity index is 135. The van der Waals surface area contributed by atoms with Gasteiger partial charge in [0, 0.05) is 6.42 Å². The molecule has 0 saturated heterocycles. The summed E-state index contributed by atoms with van der Waals surface area (Å²) in [6, 6.07) is 0. The minimum Gasteiger partial charge on any atom is -0.512 e. The van der Waals surface area contributed by atoms with Crippen LogP contribution in [0.3, 0.4) is 0 Å². The maximum Gasteiger partial charge on any atom is 0.140 e. The lowest BCUT2D eigenvalue weighted by atomic mass is 10.1. The van der Waals surface area contributed by atoms with Crippen molar-refractivity contribution in [3.05, 3.63) is 11.8 Å². The van der Waals surface area contributed by atoms with Gasteiger partial charge in [0.25, 0.3) is 0 Å². The molecule has 0 aromatic rings. The lowest BCUT2D eigenvalue weighted by Crippen LogP contribution is -2.03. The third-order valence-electron chi connectivity index (χ3n) is 1.18. The van der Waals surface area contributed by atoms with E-state index >= 15 is 0 Å². The number of aliphatic hydroxyl groups is 1. The molecular weight excluding hydrogens is 104 g/mol. The number of aliphatic hydroxyl groups excluding tert-OH is 1. The second kappa shape index (κ2) is 1.99. The third-order valence-corrected chi connectivity index (χ3v) is 1.18. The van der Waals surface area contributed by atoms with Crippen LogP contribution in [-0.4, -0.2) is 10.9 Å². The van der Waals surface area contributed by atoms with Gasteiger partial charge in [-0.2, -0.15) is 0 Å². The second-order valence-corrected chi connectivity index (χ2v) is 1.95. The lowest BCUT2D eigenvalue weighted by Gasteiger charge is -2.03. The van der Waals surface area contributed by atoms with Gasteiger partial charge in [-0.15, -0.1) is 0 Å². The molecule has 1 N–H and O–H groups in total. The van der Waals surface area contributed by atoms with Gasteiger partial charge in [0.05, 0.1) is 12.2 Å². The predicted octanol–water partition coefficient (Wildman–Crippen LogP) is 1.18. The summed E-state index contributed by atoms with van der Waals surface area (Å²) in [6.07, 6.45) is 3.26. The maximum atomic E-state index is 10.5. The molecule has 2 heteroatoms. The molecule has 0 atom stereocenters. The molecule has 2 nitrogen and oxygen atoms in total. The van der Waals surface area contributed by atoms with Gasteiger partial charge in [0.15, 0.2) is 0 Å². The topological polar surface area (TPSA) is 37.3 Å². The largest absolute Gasteiger partial charge is 0.512 e. The molecule has 0 unspecified atom stereocenters. The van der Waals surface area contributed by atoms with Gasteiger partial charge in [-0.3, -0.25) is 4.79 Å². The number of carbonyl (C=O) groups excluding carboxylic acids is 1. The molecule has 0 aromatic heterocycles. The molecule has 0 fully saturated rings. The first kappa shape index (κ1) is 5.35. The number of carbonyl (C=O) groups is 1. The molecule has 0 saturated carbocycles. The zero-order chi connectivity index (χ0) is 5.98. The Hall–Kier alpha value is -0.790. The summed E-state index contributed by atoms with van der Waals surface area (Å²) in [5.41, 5.74) is 0. The zero-order valence-corrected chi connectivity index (χ0v) is 4.55. The molecule has 44 valence electrons. The first-order valence-corrected chi connectivity index (χ1v) is 2.69. The SMILES string of the molecule is O=C1CCC=C(O)C1. The minimum absolute atomic E-state index is 0.144. The van der Waals surface area contributed by atoms with Crippen molar-refractivity contribution >= 4 is 5.78 Å². The minimum atomic E-state index is 0.144. The fourth-order valence-electron chi connectivity index (χ4n) is 0.762. The van der Waals surface area contributed by atoms with E-state index in [1.165, 1.54) is 0 Å². The Kier molecular flexibility index (Phi) is 1.33. The van der Waals surface area contributed by atoms with Crippen molar-refractivity contribution < 1.29 is 9.90 Å². The number of rotatable bonds is 0. The Morgan fingerprint density at radius 2 is 2.38 bits per heavy atom. The molecular formula is C6H8O2. The first-order valence-electron chi connectivity index (χ1n) is 2.69. The summed E-state index contributed by atoms with van der Waals surface area (Å²) in [5.74, 6) is 0.381. The van der Waals surface area contributed by atoms with Crippen molar-refractivity contribution in [2.24, 2.45) is 0 Å². The van der Waals surface area contributed by atoms with Crippen LogP contribution in [0.15, 0.2) is 11.8 Å². The highest BCUT2D eigenvalue weighted by atomic mass is 16.3. The average molecular weight is 112 g/mol. The molecule has 1 aliphatic rings. The van der Waals surface area contributed by atoms with Crippen LogP contribution < -0.4 is 0 Å². The predicted molar refractivity (Wildman–Crippen MR) is 29.6 cm³/mol. The van der Waals surface area contributed by atoms with Gasteiger partial charge in [0.2, 0.25) is 0 Å². The highest BCUT2D eigenvalue weighted by Gasteiger charge is 2.08. The summed E-state index contributed by atoms with van der Waals surface area (Å²) in [5, 5.41) is 8.72. The molecule has 1 aliphatic carbocycles. The highest BCUT2D eigenvalue weighted by molar-refractivity contribution is 5.81. The highest BCUT2D eigenvalue weighted by Crippen LogP contribution is 2.10. The van der Waals surface area contributed by atoms with Crippen LogP contribution in [0.1, 0.15) is 19.3 Å². The Morgan fingerprint density at radius 3 is 2.75 bits per heavy atom. The van der Waals surface area contributed by atoms with E-state index in [0.29, 0.717) is 12.8 Å². The van der Waals surface area contributed by atoms with Crippen LogP contribution in [0.5, 0.6) is 0 Å². The molecule has 0 aliphatic heterocycles. The molecule has 0 spiro atoms. The molecule has 0 amide bonds. The van der Waals surface area contributed by atoms with Crippen molar-refractivity contribution in [3.63, 3.8) is 0 Å². The number of hydrogen-bond acceptors (Lipinski definition) is 2. The van der Waals surface area contributed by atoms with Gasteiger partial charge < -0.3 is 5.11 Å². The van der Waals surface area contributed by atoms with Crippen molar-refractivity contribution in [1.82, 2.24) is 0 Å². The van der Waals surface area contributed by atoms with Crippen molar-refractivity contribution in [2.75, 3.05) is 0 Å². The van der Waals surface area contributed by atoms with E-state index < -0.39 is 0 Å². The maximum absolute atomic E-state index is 10.5. The Morgan fingerprint density at radius 1 is 1.62 bits per heavy atom. The number of allylic oxidation sites excluding steroid dienone is 2. The molecule has 0 radical (unpaired) electrons. The van der Waals surface area contributed by atoms with E-state index in [1.807, 2.05) is 0 Å². The van der Waals surface area contributed by atoms with Crippen LogP contribution in [0.4, 0.5) is 0 Å². The fraction of sp³-hybridized carbons (Fsp3) is 0.500. The first-order chi connectivity index (χ1) is 3.79.